The number of benzene rings is 1. The van der Waals surface area contributed by atoms with Crippen LogP contribution in [0.1, 0.15) is 36.3 Å². The lowest BCUT2D eigenvalue weighted by Gasteiger charge is -2.14. The monoisotopic (exact) mass is 346 g/mol. The molecule has 0 saturated carbocycles. The molecule has 25 heavy (non-hydrogen) atoms. The Kier molecular flexibility index (Phi) is 4.60. The van der Waals surface area contributed by atoms with Crippen molar-refractivity contribution in [2.45, 2.75) is 26.4 Å². The zero-order valence-corrected chi connectivity index (χ0v) is 13.6. The first-order valence-electron chi connectivity index (χ1n) is 7.64. The number of hydrogen-bond acceptors (Lipinski definition) is 4. The third-order valence-corrected chi connectivity index (χ3v) is 3.38. The van der Waals surface area contributed by atoms with Crippen LogP contribution in [0.5, 0.6) is 5.75 Å². The molecule has 130 valence electrons. The van der Waals surface area contributed by atoms with E-state index in [0.29, 0.717) is 11.3 Å². The average molecular weight is 346 g/mol. The van der Waals surface area contributed by atoms with E-state index in [4.69, 9.17) is 4.74 Å². The molecule has 0 bridgehead atoms. The molecule has 0 radical (unpaired) electrons. The Hall–Kier alpha value is -3.03. The van der Waals surface area contributed by atoms with Crippen molar-refractivity contribution in [1.82, 2.24) is 15.2 Å². The molecule has 0 saturated heterocycles. The maximum atomic E-state index is 12.7. The lowest BCUT2D eigenvalue weighted by atomic mass is 10.1. The Morgan fingerprint density at radius 2 is 2.08 bits per heavy atom. The smallest absolute Gasteiger partial charge is 0.280 e. The summed E-state index contributed by atoms with van der Waals surface area (Å²) in [4.78, 5) is 16.4. The van der Waals surface area contributed by atoms with Crippen molar-refractivity contribution in [2.24, 2.45) is 0 Å². The molecule has 0 aliphatic heterocycles. The van der Waals surface area contributed by atoms with Crippen LogP contribution < -0.4 is 10.1 Å². The number of fused-ring (bicyclic) bond motifs is 1. The van der Waals surface area contributed by atoms with E-state index in [2.05, 4.69) is 20.5 Å². The number of nitrogens with one attached hydrogen (secondary N) is 2. The standard InChI is InChI=1S/C17H16F2N4O2/c1-9(2)25-14-7-13-10(8-20-23-13)6-11(14)17(24)22-15-5-3-4-12(21-15)16(18)19/h3-9,16H,1-2H3,(H,20,23)(H,21,22,24). The minimum Gasteiger partial charge on any atom is -0.490 e. The minimum absolute atomic E-state index is 0.0468. The van der Waals surface area contributed by atoms with Crippen LogP contribution in [0.25, 0.3) is 10.9 Å². The highest BCUT2D eigenvalue weighted by molar-refractivity contribution is 6.08. The van der Waals surface area contributed by atoms with Gasteiger partial charge in [0.25, 0.3) is 12.3 Å². The number of nitrogens with zero attached hydrogens (tertiary/aromatic N) is 2. The molecule has 8 heteroatoms. The highest BCUT2D eigenvalue weighted by atomic mass is 19.3. The molecule has 0 fully saturated rings. The van der Waals surface area contributed by atoms with Crippen molar-refractivity contribution < 1.29 is 18.3 Å². The van der Waals surface area contributed by atoms with Gasteiger partial charge in [0.15, 0.2) is 0 Å². The van der Waals surface area contributed by atoms with Crippen molar-refractivity contribution in [3.05, 3.63) is 47.8 Å². The van der Waals surface area contributed by atoms with E-state index < -0.39 is 18.0 Å². The number of pyridine rings is 1. The summed E-state index contributed by atoms with van der Waals surface area (Å²) < 4.78 is 31.2. The topological polar surface area (TPSA) is 79.9 Å². The van der Waals surface area contributed by atoms with Gasteiger partial charge >= 0.3 is 0 Å². The van der Waals surface area contributed by atoms with Crippen molar-refractivity contribution in [3.8, 4) is 5.75 Å². The fourth-order valence-corrected chi connectivity index (χ4v) is 2.32. The molecule has 0 unspecified atom stereocenters. The van der Waals surface area contributed by atoms with Gasteiger partial charge in [-0.2, -0.15) is 5.10 Å². The summed E-state index contributed by atoms with van der Waals surface area (Å²) in [5.41, 5.74) is 0.526. The number of aromatic nitrogens is 3. The molecule has 0 atom stereocenters. The normalized spacial score (nSPS) is 11.3. The van der Waals surface area contributed by atoms with E-state index in [-0.39, 0.29) is 17.5 Å². The summed E-state index contributed by atoms with van der Waals surface area (Å²) in [6.45, 7) is 3.67. The quantitative estimate of drug-likeness (QED) is 0.733. The number of amides is 1. The van der Waals surface area contributed by atoms with E-state index >= 15 is 0 Å². The summed E-state index contributed by atoms with van der Waals surface area (Å²) in [7, 11) is 0. The first kappa shape index (κ1) is 16.8. The largest absolute Gasteiger partial charge is 0.490 e. The Balaban J connectivity index is 1.94. The Labute approximate surface area is 142 Å². The lowest BCUT2D eigenvalue weighted by Crippen LogP contribution is -2.16. The lowest BCUT2D eigenvalue weighted by molar-refractivity contribution is 0.102. The fourth-order valence-electron chi connectivity index (χ4n) is 2.32. The van der Waals surface area contributed by atoms with Crippen molar-refractivity contribution in [2.75, 3.05) is 5.32 Å². The molecule has 1 aromatic carbocycles. The first-order valence-corrected chi connectivity index (χ1v) is 7.64. The third-order valence-electron chi connectivity index (χ3n) is 3.38. The van der Waals surface area contributed by atoms with Crippen molar-refractivity contribution >= 4 is 22.6 Å². The SMILES string of the molecule is CC(C)Oc1cc2n[nH]cc2cc1C(=O)Nc1cccc(C(F)F)n1. The molecule has 3 aromatic rings. The molecule has 3 rings (SSSR count). The number of H-pyrrole nitrogens is 1. The Morgan fingerprint density at radius 1 is 1.28 bits per heavy atom. The number of halogens is 2. The summed E-state index contributed by atoms with van der Waals surface area (Å²) in [6, 6.07) is 7.34. The predicted octanol–water partition coefficient (Wildman–Crippen LogP) is 3.94. The molecule has 6 nitrogen and oxygen atoms in total. The predicted molar refractivity (Wildman–Crippen MR) is 89.0 cm³/mol. The van der Waals surface area contributed by atoms with E-state index in [1.54, 1.807) is 18.3 Å². The van der Waals surface area contributed by atoms with Gasteiger partial charge in [-0.15, -0.1) is 0 Å². The molecule has 1 amide bonds. The maximum Gasteiger partial charge on any atom is 0.280 e. The molecule has 0 aliphatic carbocycles. The van der Waals surface area contributed by atoms with Gasteiger partial charge in [0.05, 0.1) is 17.2 Å². The maximum absolute atomic E-state index is 12.7. The second-order valence-corrected chi connectivity index (χ2v) is 5.66. The van der Waals surface area contributed by atoms with Crippen molar-refractivity contribution in [3.63, 3.8) is 0 Å². The second-order valence-electron chi connectivity index (χ2n) is 5.66. The van der Waals surface area contributed by atoms with Gasteiger partial charge in [-0.25, -0.2) is 13.8 Å². The summed E-state index contributed by atoms with van der Waals surface area (Å²) in [5, 5.41) is 10.1. The van der Waals surface area contributed by atoms with Crippen LogP contribution in [0, 0.1) is 0 Å². The number of aromatic amines is 1. The number of ether oxygens (including phenoxy) is 1. The first-order chi connectivity index (χ1) is 11.9. The highest BCUT2D eigenvalue weighted by Crippen LogP contribution is 2.27. The Bertz CT molecular complexity index is 909. The van der Waals surface area contributed by atoms with E-state index in [0.717, 1.165) is 5.39 Å². The number of carbonyl (C=O) groups is 1. The molecule has 0 spiro atoms. The third kappa shape index (κ3) is 3.73. The summed E-state index contributed by atoms with van der Waals surface area (Å²) in [6.07, 6.45) is -1.21. The molecule has 0 aliphatic rings. The molecular formula is C17H16F2N4O2. The molecule has 2 N–H and O–H groups in total. The Morgan fingerprint density at radius 3 is 2.80 bits per heavy atom. The fraction of sp³-hybridized carbons (Fsp3) is 0.235. The number of hydrogen-bond donors (Lipinski definition) is 2. The number of carbonyl (C=O) groups excluding carboxylic acids is 1. The number of alkyl halides is 2. The van der Waals surface area contributed by atoms with E-state index in [9.17, 15) is 13.6 Å². The van der Waals surface area contributed by atoms with Crippen LogP contribution in [0.4, 0.5) is 14.6 Å². The molecule has 2 heterocycles. The van der Waals surface area contributed by atoms with Crippen molar-refractivity contribution in [1.29, 1.82) is 0 Å². The minimum atomic E-state index is -2.71. The van der Waals surface area contributed by atoms with Crippen LogP contribution in [-0.2, 0) is 0 Å². The molecular weight excluding hydrogens is 330 g/mol. The van der Waals surface area contributed by atoms with Crippen LogP contribution >= 0.6 is 0 Å². The zero-order valence-electron chi connectivity index (χ0n) is 13.6. The van der Waals surface area contributed by atoms with Crippen LogP contribution in [0.2, 0.25) is 0 Å². The highest BCUT2D eigenvalue weighted by Gasteiger charge is 2.18. The van der Waals surface area contributed by atoms with Crippen LogP contribution in [0.15, 0.2) is 36.5 Å². The zero-order chi connectivity index (χ0) is 18.0. The second kappa shape index (κ2) is 6.84. The van der Waals surface area contributed by atoms with E-state index in [1.807, 2.05) is 13.8 Å². The van der Waals surface area contributed by atoms with Gasteiger partial charge in [-0.3, -0.25) is 9.89 Å². The van der Waals surface area contributed by atoms with Gasteiger partial charge < -0.3 is 10.1 Å². The van der Waals surface area contributed by atoms with Gasteiger partial charge in [0.1, 0.15) is 17.3 Å². The van der Waals surface area contributed by atoms with Gasteiger partial charge in [-0.1, -0.05) is 6.07 Å². The van der Waals surface area contributed by atoms with E-state index in [1.165, 1.54) is 18.2 Å². The summed E-state index contributed by atoms with van der Waals surface area (Å²) in [5.74, 6) is -0.0969. The van der Waals surface area contributed by atoms with Crippen LogP contribution in [-0.4, -0.2) is 27.2 Å². The van der Waals surface area contributed by atoms with Gasteiger partial charge in [-0.05, 0) is 32.0 Å². The van der Waals surface area contributed by atoms with Gasteiger partial charge in [0.2, 0.25) is 0 Å². The number of rotatable bonds is 5. The van der Waals surface area contributed by atoms with Crippen LogP contribution in [0.3, 0.4) is 0 Å². The average Bonchev–Trinajstić information content (AvgIpc) is 3.01. The molecule has 2 aromatic heterocycles. The van der Waals surface area contributed by atoms with Gasteiger partial charge in [0, 0.05) is 17.6 Å². The summed E-state index contributed by atoms with van der Waals surface area (Å²) >= 11 is 0. The number of anilines is 1.